The van der Waals surface area contributed by atoms with Gasteiger partial charge in [0.1, 0.15) is 6.04 Å². The molecule has 2 aliphatic rings. The third kappa shape index (κ3) is 5.18. The van der Waals surface area contributed by atoms with Crippen LogP contribution in [0.15, 0.2) is 12.2 Å². The Bertz CT molecular complexity index is 378. The van der Waals surface area contributed by atoms with Gasteiger partial charge in [-0.05, 0) is 44.9 Å². The quantitative estimate of drug-likeness (QED) is 0.509. The highest BCUT2D eigenvalue weighted by molar-refractivity contribution is 5.85. The standard InChI is InChI=1S/C17H27NO3/c19-16-12-8-6-4-2-1-3-5-7-9-14-21-17(20)15-11-10-13-18(15)16/h3,5,15H,1-2,4,6-14H2/b5-3+/t15-/m0/s1. The second-order valence-corrected chi connectivity index (χ2v) is 5.98. The van der Waals surface area contributed by atoms with Crippen molar-refractivity contribution in [2.24, 2.45) is 0 Å². The molecule has 0 unspecified atom stereocenters. The number of hydrogen-bond acceptors (Lipinski definition) is 3. The number of carbonyl (C=O) groups is 2. The Balaban J connectivity index is 1.91. The number of fused-ring (bicyclic) bond motifs is 1. The Morgan fingerprint density at radius 1 is 0.952 bits per heavy atom. The van der Waals surface area contributed by atoms with Gasteiger partial charge in [0, 0.05) is 13.0 Å². The largest absolute Gasteiger partial charge is 0.464 e. The van der Waals surface area contributed by atoms with Crippen LogP contribution in [0.1, 0.15) is 64.2 Å². The van der Waals surface area contributed by atoms with Crippen molar-refractivity contribution in [1.29, 1.82) is 0 Å². The number of esters is 1. The molecule has 1 atom stereocenters. The maximum absolute atomic E-state index is 12.2. The van der Waals surface area contributed by atoms with Crippen LogP contribution in [-0.2, 0) is 14.3 Å². The topological polar surface area (TPSA) is 46.6 Å². The van der Waals surface area contributed by atoms with E-state index in [1.54, 1.807) is 4.90 Å². The fraction of sp³-hybridized carbons (Fsp3) is 0.765. The molecular formula is C17H27NO3. The molecule has 0 bridgehead atoms. The molecule has 0 saturated carbocycles. The molecule has 1 saturated heterocycles. The summed E-state index contributed by atoms with van der Waals surface area (Å²) in [6.07, 6.45) is 14.0. The second-order valence-electron chi connectivity index (χ2n) is 5.98. The van der Waals surface area contributed by atoms with Crippen LogP contribution >= 0.6 is 0 Å². The van der Waals surface area contributed by atoms with E-state index in [0.717, 1.165) is 44.9 Å². The third-order valence-electron chi connectivity index (χ3n) is 4.28. The lowest BCUT2D eigenvalue weighted by Crippen LogP contribution is -2.41. The molecule has 0 N–H and O–H groups in total. The summed E-state index contributed by atoms with van der Waals surface area (Å²) < 4.78 is 5.34. The van der Waals surface area contributed by atoms with Gasteiger partial charge in [0.25, 0.3) is 0 Å². The molecule has 0 aromatic heterocycles. The van der Waals surface area contributed by atoms with Gasteiger partial charge in [0.05, 0.1) is 6.61 Å². The summed E-state index contributed by atoms with van der Waals surface area (Å²) in [5.41, 5.74) is 0. The highest BCUT2D eigenvalue weighted by atomic mass is 16.5. The highest BCUT2D eigenvalue weighted by Gasteiger charge is 2.34. The van der Waals surface area contributed by atoms with E-state index in [2.05, 4.69) is 12.2 Å². The molecule has 2 aliphatic heterocycles. The van der Waals surface area contributed by atoms with E-state index < -0.39 is 0 Å². The Labute approximate surface area is 127 Å². The average Bonchev–Trinajstić information content (AvgIpc) is 2.96. The lowest BCUT2D eigenvalue weighted by molar-refractivity contribution is -0.153. The summed E-state index contributed by atoms with van der Waals surface area (Å²) in [4.78, 5) is 26.1. The minimum absolute atomic E-state index is 0.126. The Morgan fingerprint density at radius 2 is 1.71 bits per heavy atom. The maximum atomic E-state index is 12.2. The molecule has 1 amide bonds. The normalized spacial score (nSPS) is 28.0. The molecule has 1 fully saturated rings. The summed E-state index contributed by atoms with van der Waals surface area (Å²) in [5, 5.41) is 0. The van der Waals surface area contributed by atoms with E-state index >= 15 is 0 Å². The molecule has 4 heteroatoms. The van der Waals surface area contributed by atoms with Crippen LogP contribution in [0.5, 0.6) is 0 Å². The lowest BCUT2D eigenvalue weighted by atomic mass is 10.1. The first kappa shape index (κ1) is 16.1. The fourth-order valence-corrected chi connectivity index (χ4v) is 3.05. The number of rotatable bonds is 0. The highest BCUT2D eigenvalue weighted by Crippen LogP contribution is 2.21. The predicted octanol–water partition coefficient (Wildman–Crippen LogP) is 3.21. The molecular weight excluding hydrogens is 266 g/mol. The van der Waals surface area contributed by atoms with Crippen LogP contribution in [-0.4, -0.2) is 36.0 Å². The Morgan fingerprint density at radius 3 is 2.57 bits per heavy atom. The van der Waals surface area contributed by atoms with Crippen LogP contribution in [0, 0.1) is 0 Å². The van der Waals surface area contributed by atoms with Gasteiger partial charge in [0.2, 0.25) is 5.91 Å². The van der Waals surface area contributed by atoms with Gasteiger partial charge >= 0.3 is 5.97 Å². The molecule has 2 heterocycles. The number of hydrogen-bond donors (Lipinski definition) is 0. The molecule has 0 radical (unpaired) electrons. The SMILES string of the molecule is O=C1OCCC/C=C/CCCCCCC(=O)N2CCC[C@@H]12. The summed E-state index contributed by atoms with van der Waals surface area (Å²) in [6, 6.07) is -0.332. The molecule has 0 aromatic carbocycles. The molecule has 21 heavy (non-hydrogen) atoms. The molecule has 0 aliphatic carbocycles. The van der Waals surface area contributed by atoms with Crippen molar-refractivity contribution in [1.82, 2.24) is 4.90 Å². The van der Waals surface area contributed by atoms with Crippen LogP contribution < -0.4 is 0 Å². The zero-order chi connectivity index (χ0) is 14.9. The van der Waals surface area contributed by atoms with Crippen molar-refractivity contribution in [2.45, 2.75) is 70.3 Å². The summed E-state index contributed by atoms with van der Waals surface area (Å²) in [6.45, 7) is 1.17. The van der Waals surface area contributed by atoms with Gasteiger partial charge in [-0.2, -0.15) is 0 Å². The van der Waals surface area contributed by atoms with E-state index in [1.807, 2.05) is 0 Å². The van der Waals surface area contributed by atoms with Crippen molar-refractivity contribution >= 4 is 11.9 Å². The molecule has 4 nitrogen and oxygen atoms in total. The van der Waals surface area contributed by atoms with E-state index in [9.17, 15) is 9.59 Å². The summed E-state index contributed by atoms with van der Waals surface area (Å²) in [7, 11) is 0. The van der Waals surface area contributed by atoms with Crippen LogP contribution in [0.4, 0.5) is 0 Å². The van der Waals surface area contributed by atoms with Crippen molar-refractivity contribution < 1.29 is 14.3 Å². The third-order valence-corrected chi connectivity index (χ3v) is 4.28. The van der Waals surface area contributed by atoms with Gasteiger partial charge in [0.15, 0.2) is 0 Å². The molecule has 2 rings (SSSR count). The first-order valence-electron chi connectivity index (χ1n) is 8.40. The van der Waals surface area contributed by atoms with Crippen LogP contribution in [0.25, 0.3) is 0 Å². The number of ether oxygens (including phenoxy) is 1. The number of allylic oxidation sites excluding steroid dienone is 2. The first-order chi connectivity index (χ1) is 10.3. The molecule has 0 spiro atoms. The molecule has 118 valence electrons. The van der Waals surface area contributed by atoms with Crippen molar-refractivity contribution in [3.05, 3.63) is 12.2 Å². The van der Waals surface area contributed by atoms with Gasteiger partial charge in [-0.3, -0.25) is 4.79 Å². The zero-order valence-corrected chi connectivity index (χ0v) is 12.9. The Hall–Kier alpha value is -1.32. The number of carbonyl (C=O) groups excluding carboxylic acids is 2. The van der Waals surface area contributed by atoms with Crippen LogP contribution in [0.2, 0.25) is 0 Å². The maximum Gasteiger partial charge on any atom is 0.328 e. The fourth-order valence-electron chi connectivity index (χ4n) is 3.05. The zero-order valence-electron chi connectivity index (χ0n) is 12.9. The smallest absolute Gasteiger partial charge is 0.328 e. The van der Waals surface area contributed by atoms with Gasteiger partial charge in [-0.25, -0.2) is 4.79 Å². The lowest BCUT2D eigenvalue weighted by Gasteiger charge is -2.23. The van der Waals surface area contributed by atoms with Gasteiger partial charge in [-0.15, -0.1) is 0 Å². The van der Waals surface area contributed by atoms with E-state index in [0.29, 0.717) is 19.6 Å². The minimum atomic E-state index is -0.332. The summed E-state index contributed by atoms with van der Waals surface area (Å²) >= 11 is 0. The Kier molecular flexibility index (Phi) is 6.77. The second kappa shape index (κ2) is 8.85. The minimum Gasteiger partial charge on any atom is -0.464 e. The average molecular weight is 293 g/mol. The predicted molar refractivity (Wildman–Crippen MR) is 81.8 cm³/mol. The van der Waals surface area contributed by atoms with E-state index in [-0.39, 0.29) is 17.9 Å². The molecule has 0 aromatic rings. The van der Waals surface area contributed by atoms with Crippen LogP contribution in [0.3, 0.4) is 0 Å². The monoisotopic (exact) mass is 293 g/mol. The van der Waals surface area contributed by atoms with Crippen molar-refractivity contribution in [3.8, 4) is 0 Å². The van der Waals surface area contributed by atoms with Gasteiger partial charge < -0.3 is 9.64 Å². The number of nitrogens with zero attached hydrogens (tertiary/aromatic N) is 1. The van der Waals surface area contributed by atoms with E-state index in [4.69, 9.17) is 4.74 Å². The first-order valence-corrected chi connectivity index (χ1v) is 8.40. The number of amides is 1. The van der Waals surface area contributed by atoms with Gasteiger partial charge in [-0.1, -0.05) is 25.0 Å². The van der Waals surface area contributed by atoms with Crippen molar-refractivity contribution in [3.63, 3.8) is 0 Å². The summed E-state index contributed by atoms with van der Waals surface area (Å²) in [5.74, 6) is -0.0848. The number of cyclic esters (lactones) is 1. The van der Waals surface area contributed by atoms with Crippen molar-refractivity contribution in [2.75, 3.05) is 13.2 Å². The van der Waals surface area contributed by atoms with E-state index in [1.165, 1.54) is 12.8 Å².